The molecule has 2 N–H and O–H groups in total. The third-order valence-electron chi connectivity index (χ3n) is 2.49. The molecule has 0 aromatic heterocycles. The summed E-state index contributed by atoms with van der Waals surface area (Å²) in [5, 5.41) is 12.3. The van der Waals surface area contributed by atoms with Crippen LogP contribution in [-0.4, -0.2) is 24.9 Å². The molecule has 0 aliphatic heterocycles. The lowest BCUT2D eigenvalue weighted by Gasteiger charge is -2.15. The number of nitrogens with one attached hydrogen (secondary N) is 1. The van der Waals surface area contributed by atoms with E-state index in [4.69, 9.17) is 9.84 Å². The van der Waals surface area contributed by atoms with E-state index >= 15 is 0 Å². The zero-order valence-corrected chi connectivity index (χ0v) is 10.6. The van der Waals surface area contributed by atoms with Gasteiger partial charge in [-0.25, -0.2) is 0 Å². The Bertz CT molecular complexity index is 290. The molecule has 0 radical (unpaired) electrons. The van der Waals surface area contributed by atoms with Crippen LogP contribution in [0, 0.1) is 0 Å². The van der Waals surface area contributed by atoms with E-state index in [1.807, 2.05) is 24.3 Å². The van der Waals surface area contributed by atoms with Gasteiger partial charge in [0.2, 0.25) is 0 Å². The maximum Gasteiger partial charge on any atom is 0.123 e. The molecule has 0 amide bonds. The maximum atomic E-state index is 9.04. The van der Waals surface area contributed by atoms with Crippen molar-refractivity contribution in [2.45, 2.75) is 25.9 Å². The van der Waals surface area contributed by atoms with Gasteiger partial charge in [0.25, 0.3) is 0 Å². The fourth-order valence-corrected chi connectivity index (χ4v) is 1.44. The second kappa shape index (κ2) is 8.39. The summed E-state index contributed by atoms with van der Waals surface area (Å²) < 4.78 is 5.24. The van der Waals surface area contributed by atoms with E-state index < -0.39 is 0 Å². The van der Waals surface area contributed by atoms with Crippen LogP contribution >= 0.6 is 12.4 Å². The van der Waals surface area contributed by atoms with Gasteiger partial charge in [0.15, 0.2) is 0 Å². The monoisotopic (exact) mass is 245 g/mol. The standard InChI is InChI=1S/C12H19NO2.ClH/c1-3-11(9-14)13-8-10-6-4-5-7-12(10)15-2;/h4-7,11,13-14H,3,8-9H2,1-2H3;1H. The molecular weight excluding hydrogens is 226 g/mol. The summed E-state index contributed by atoms with van der Waals surface area (Å²) in [5.74, 6) is 0.887. The molecule has 16 heavy (non-hydrogen) atoms. The number of rotatable bonds is 6. The Morgan fingerprint density at radius 2 is 2.06 bits per heavy atom. The lowest BCUT2D eigenvalue weighted by atomic mass is 10.1. The predicted octanol–water partition coefficient (Wildman–Crippen LogP) is 1.98. The zero-order valence-electron chi connectivity index (χ0n) is 9.77. The second-order valence-corrected chi connectivity index (χ2v) is 3.48. The lowest BCUT2D eigenvalue weighted by Crippen LogP contribution is -2.31. The van der Waals surface area contributed by atoms with Crippen LogP contribution in [0.3, 0.4) is 0 Å². The van der Waals surface area contributed by atoms with Gasteiger partial charge < -0.3 is 15.2 Å². The van der Waals surface area contributed by atoms with Crippen molar-refractivity contribution in [3.63, 3.8) is 0 Å². The van der Waals surface area contributed by atoms with Crippen LogP contribution in [-0.2, 0) is 6.54 Å². The minimum absolute atomic E-state index is 0. The summed E-state index contributed by atoms with van der Waals surface area (Å²) in [5.41, 5.74) is 1.12. The molecule has 3 nitrogen and oxygen atoms in total. The van der Waals surface area contributed by atoms with Gasteiger partial charge >= 0.3 is 0 Å². The van der Waals surface area contributed by atoms with E-state index in [0.29, 0.717) is 0 Å². The van der Waals surface area contributed by atoms with Crippen molar-refractivity contribution in [3.8, 4) is 5.75 Å². The minimum atomic E-state index is 0. The van der Waals surface area contributed by atoms with Crippen LogP contribution in [0.5, 0.6) is 5.75 Å². The molecule has 0 saturated carbocycles. The number of halogens is 1. The molecule has 1 atom stereocenters. The summed E-state index contributed by atoms with van der Waals surface area (Å²) >= 11 is 0. The van der Waals surface area contributed by atoms with Gasteiger partial charge in [-0.1, -0.05) is 25.1 Å². The number of aliphatic hydroxyl groups excluding tert-OH is 1. The average molecular weight is 246 g/mol. The van der Waals surface area contributed by atoms with Crippen LogP contribution < -0.4 is 10.1 Å². The molecule has 0 spiro atoms. The number of hydrogen-bond donors (Lipinski definition) is 2. The molecule has 0 bridgehead atoms. The van der Waals surface area contributed by atoms with Crippen LogP contribution in [0.15, 0.2) is 24.3 Å². The number of aliphatic hydroxyl groups is 1. The lowest BCUT2D eigenvalue weighted by molar-refractivity contribution is 0.238. The molecule has 1 aromatic carbocycles. The molecule has 1 unspecified atom stereocenters. The van der Waals surface area contributed by atoms with Gasteiger partial charge in [0.05, 0.1) is 13.7 Å². The largest absolute Gasteiger partial charge is 0.496 e. The normalized spacial score (nSPS) is 11.7. The van der Waals surface area contributed by atoms with Crippen molar-refractivity contribution in [1.82, 2.24) is 5.32 Å². The zero-order chi connectivity index (χ0) is 11.1. The molecule has 0 aliphatic carbocycles. The highest BCUT2D eigenvalue weighted by atomic mass is 35.5. The van der Waals surface area contributed by atoms with E-state index in [2.05, 4.69) is 12.2 Å². The third-order valence-corrected chi connectivity index (χ3v) is 2.49. The summed E-state index contributed by atoms with van der Waals surface area (Å²) in [6.07, 6.45) is 0.922. The first kappa shape index (κ1) is 15.2. The Morgan fingerprint density at radius 3 is 2.62 bits per heavy atom. The summed E-state index contributed by atoms with van der Waals surface area (Å²) in [7, 11) is 1.67. The molecule has 0 aliphatic rings. The summed E-state index contributed by atoms with van der Waals surface area (Å²) in [6.45, 7) is 2.95. The minimum Gasteiger partial charge on any atom is -0.496 e. The first-order valence-electron chi connectivity index (χ1n) is 5.28. The second-order valence-electron chi connectivity index (χ2n) is 3.48. The highest BCUT2D eigenvalue weighted by molar-refractivity contribution is 5.85. The fraction of sp³-hybridized carbons (Fsp3) is 0.500. The number of methoxy groups -OCH3 is 1. The van der Waals surface area contributed by atoms with Crippen molar-refractivity contribution >= 4 is 12.4 Å². The Balaban J connectivity index is 0.00000225. The van der Waals surface area contributed by atoms with Crippen LogP contribution in [0.25, 0.3) is 0 Å². The first-order valence-corrected chi connectivity index (χ1v) is 5.28. The van der Waals surface area contributed by atoms with Gasteiger partial charge in [-0.05, 0) is 12.5 Å². The smallest absolute Gasteiger partial charge is 0.123 e. The number of benzene rings is 1. The van der Waals surface area contributed by atoms with Crippen LogP contribution in [0.4, 0.5) is 0 Å². The predicted molar refractivity (Wildman–Crippen MR) is 68.2 cm³/mol. The van der Waals surface area contributed by atoms with E-state index in [1.165, 1.54) is 0 Å². The molecule has 1 rings (SSSR count). The molecule has 4 heteroatoms. The fourth-order valence-electron chi connectivity index (χ4n) is 1.44. The Kier molecular flexibility index (Phi) is 7.99. The topological polar surface area (TPSA) is 41.5 Å². The molecule has 92 valence electrons. The molecule has 1 aromatic rings. The number of para-hydroxylation sites is 1. The molecule has 0 heterocycles. The van der Waals surface area contributed by atoms with E-state index in [1.54, 1.807) is 7.11 Å². The van der Waals surface area contributed by atoms with Gasteiger partial charge in [0.1, 0.15) is 5.75 Å². The van der Waals surface area contributed by atoms with Gasteiger partial charge in [0, 0.05) is 18.2 Å². The Hall–Kier alpha value is -0.770. The Morgan fingerprint density at radius 1 is 1.38 bits per heavy atom. The number of ether oxygens (including phenoxy) is 1. The SMILES string of the molecule is CCC(CO)NCc1ccccc1OC.Cl. The summed E-state index contributed by atoms with van der Waals surface area (Å²) in [6, 6.07) is 8.06. The Labute approximate surface area is 103 Å². The first-order chi connectivity index (χ1) is 7.31. The molecule has 0 fully saturated rings. The van der Waals surface area contributed by atoms with E-state index in [0.717, 1.165) is 24.3 Å². The average Bonchev–Trinajstić information content (AvgIpc) is 2.31. The van der Waals surface area contributed by atoms with Crippen molar-refractivity contribution < 1.29 is 9.84 Å². The molecule has 0 saturated heterocycles. The van der Waals surface area contributed by atoms with Crippen LogP contribution in [0.2, 0.25) is 0 Å². The van der Waals surface area contributed by atoms with Crippen molar-refractivity contribution in [1.29, 1.82) is 0 Å². The summed E-state index contributed by atoms with van der Waals surface area (Å²) in [4.78, 5) is 0. The van der Waals surface area contributed by atoms with Crippen molar-refractivity contribution in [3.05, 3.63) is 29.8 Å². The van der Waals surface area contributed by atoms with E-state index in [9.17, 15) is 0 Å². The highest BCUT2D eigenvalue weighted by Gasteiger charge is 2.05. The van der Waals surface area contributed by atoms with Crippen molar-refractivity contribution in [2.24, 2.45) is 0 Å². The molecular formula is C12H20ClNO2. The van der Waals surface area contributed by atoms with Gasteiger partial charge in [-0.3, -0.25) is 0 Å². The third kappa shape index (κ3) is 4.39. The van der Waals surface area contributed by atoms with Gasteiger partial charge in [-0.2, -0.15) is 0 Å². The quantitative estimate of drug-likeness (QED) is 0.805. The maximum absolute atomic E-state index is 9.04. The van der Waals surface area contributed by atoms with E-state index in [-0.39, 0.29) is 25.1 Å². The van der Waals surface area contributed by atoms with Crippen molar-refractivity contribution in [2.75, 3.05) is 13.7 Å². The van der Waals surface area contributed by atoms with Gasteiger partial charge in [-0.15, -0.1) is 12.4 Å². The number of hydrogen-bond acceptors (Lipinski definition) is 3. The highest BCUT2D eigenvalue weighted by Crippen LogP contribution is 2.16. The van der Waals surface area contributed by atoms with Crippen LogP contribution in [0.1, 0.15) is 18.9 Å².